The van der Waals surface area contributed by atoms with E-state index in [0.717, 1.165) is 11.3 Å². The molecule has 0 saturated carbocycles. The minimum Gasteiger partial charge on any atom is -0.397 e. The van der Waals surface area contributed by atoms with Crippen LogP contribution >= 0.6 is 0 Å². The van der Waals surface area contributed by atoms with E-state index >= 15 is 0 Å². The fourth-order valence-corrected chi connectivity index (χ4v) is 1.84. The van der Waals surface area contributed by atoms with Crippen LogP contribution in [0.4, 0.5) is 11.4 Å². The number of aryl methyl sites for hydroxylation is 1. The molecule has 90 valence electrons. The third kappa shape index (κ3) is 3.71. The molecule has 0 saturated heterocycles. The summed E-state index contributed by atoms with van der Waals surface area (Å²) < 4.78 is 24.5. The highest BCUT2D eigenvalue weighted by atomic mass is 32.2. The van der Waals surface area contributed by atoms with Crippen LogP contribution in [0.15, 0.2) is 18.2 Å². The maximum Gasteiger partial charge on any atom is 0.213 e. The summed E-state index contributed by atoms with van der Waals surface area (Å²) >= 11 is 0. The third-order valence-electron chi connectivity index (χ3n) is 2.20. The number of anilines is 2. The molecule has 5 nitrogen and oxygen atoms in total. The Labute approximate surface area is 96.1 Å². The van der Waals surface area contributed by atoms with Crippen LogP contribution in [0.25, 0.3) is 0 Å². The quantitative estimate of drug-likeness (QED) is 0.659. The Morgan fingerprint density at radius 2 is 2.06 bits per heavy atom. The fourth-order valence-electron chi connectivity index (χ4n) is 1.27. The normalized spacial score (nSPS) is 11.4. The van der Waals surface area contributed by atoms with Gasteiger partial charge in [-0.05, 0) is 31.7 Å². The number of benzene rings is 1. The monoisotopic (exact) mass is 243 g/mol. The molecule has 6 heteroatoms. The lowest BCUT2D eigenvalue weighted by Crippen LogP contribution is -2.26. The topological polar surface area (TPSA) is 84.2 Å². The van der Waals surface area contributed by atoms with Crippen molar-refractivity contribution in [1.29, 1.82) is 0 Å². The minimum absolute atomic E-state index is 0.0246. The van der Waals surface area contributed by atoms with E-state index in [0.29, 0.717) is 12.2 Å². The molecule has 4 N–H and O–H groups in total. The lowest BCUT2D eigenvalue weighted by atomic mass is 10.2. The van der Waals surface area contributed by atoms with Gasteiger partial charge in [-0.15, -0.1) is 0 Å². The Bertz CT molecular complexity index is 457. The molecule has 16 heavy (non-hydrogen) atoms. The van der Waals surface area contributed by atoms with Crippen molar-refractivity contribution in [1.82, 2.24) is 4.72 Å². The van der Waals surface area contributed by atoms with Crippen molar-refractivity contribution in [2.75, 3.05) is 30.4 Å². The number of hydrogen-bond donors (Lipinski definition) is 3. The highest BCUT2D eigenvalue weighted by Crippen LogP contribution is 2.18. The first kappa shape index (κ1) is 12.8. The van der Waals surface area contributed by atoms with Gasteiger partial charge in [0.05, 0.1) is 17.1 Å². The van der Waals surface area contributed by atoms with Crippen molar-refractivity contribution in [3.8, 4) is 0 Å². The van der Waals surface area contributed by atoms with Crippen molar-refractivity contribution in [3.05, 3.63) is 23.8 Å². The van der Waals surface area contributed by atoms with Gasteiger partial charge in [-0.2, -0.15) is 0 Å². The lowest BCUT2D eigenvalue weighted by Gasteiger charge is -2.09. The molecule has 0 heterocycles. The fraction of sp³-hybridized carbons (Fsp3) is 0.400. The zero-order valence-electron chi connectivity index (χ0n) is 9.45. The van der Waals surface area contributed by atoms with E-state index in [1.54, 1.807) is 0 Å². The maximum atomic E-state index is 11.1. The maximum absolute atomic E-state index is 11.1. The van der Waals surface area contributed by atoms with Gasteiger partial charge < -0.3 is 11.1 Å². The summed E-state index contributed by atoms with van der Waals surface area (Å²) in [5, 5.41) is 2.99. The van der Waals surface area contributed by atoms with Gasteiger partial charge in [-0.3, -0.25) is 0 Å². The Morgan fingerprint density at radius 1 is 1.38 bits per heavy atom. The molecule has 1 aromatic rings. The Kier molecular flexibility index (Phi) is 4.14. The van der Waals surface area contributed by atoms with Crippen LogP contribution < -0.4 is 15.8 Å². The Balaban J connectivity index is 2.56. The van der Waals surface area contributed by atoms with Gasteiger partial charge in [0.2, 0.25) is 10.0 Å². The molecule has 0 unspecified atom stereocenters. The number of nitrogens with one attached hydrogen (secondary N) is 2. The molecule has 0 atom stereocenters. The van der Waals surface area contributed by atoms with Gasteiger partial charge in [-0.25, -0.2) is 13.1 Å². The second-order valence-electron chi connectivity index (χ2n) is 3.54. The summed E-state index contributed by atoms with van der Waals surface area (Å²) in [6.45, 7) is 2.28. The molecule has 0 radical (unpaired) electrons. The van der Waals surface area contributed by atoms with Crippen LogP contribution in [-0.2, 0) is 10.0 Å². The molecule has 0 aliphatic heterocycles. The summed E-state index contributed by atoms with van der Waals surface area (Å²) in [6.07, 6.45) is 0. The van der Waals surface area contributed by atoms with Crippen molar-refractivity contribution in [2.24, 2.45) is 0 Å². The summed E-state index contributed by atoms with van der Waals surface area (Å²) in [5.41, 5.74) is 8.24. The van der Waals surface area contributed by atoms with E-state index in [1.807, 2.05) is 25.1 Å². The molecule has 0 bridgehead atoms. The summed E-state index contributed by atoms with van der Waals surface area (Å²) in [5.74, 6) is 0.0246. The smallest absolute Gasteiger partial charge is 0.213 e. The van der Waals surface area contributed by atoms with Gasteiger partial charge in [0.1, 0.15) is 0 Å². The number of sulfonamides is 1. The number of nitrogens with two attached hydrogens (primary N) is 1. The SMILES string of the molecule is CNS(=O)(=O)CCNc1ccc(C)cc1N. The number of hydrogen-bond acceptors (Lipinski definition) is 4. The van der Waals surface area contributed by atoms with Gasteiger partial charge in [0, 0.05) is 6.54 Å². The van der Waals surface area contributed by atoms with Gasteiger partial charge in [-0.1, -0.05) is 6.07 Å². The highest BCUT2D eigenvalue weighted by Gasteiger charge is 2.06. The Hall–Kier alpha value is -1.27. The molecule has 0 spiro atoms. The zero-order valence-corrected chi connectivity index (χ0v) is 10.3. The largest absolute Gasteiger partial charge is 0.397 e. The summed E-state index contributed by atoms with van der Waals surface area (Å²) in [4.78, 5) is 0. The average Bonchev–Trinajstić information content (AvgIpc) is 2.21. The summed E-state index contributed by atoms with van der Waals surface area (Å²) in [7, 11) is -1.77. The van der Waals surface area contributed by atoms with Crippen molar-refractivity contribution < 1.29 is 8.42 Å². The molecule has 0 aliphatic carbocycles. The second kappa shape index (κ2) is 5.18. The van der Waals surface area contributed by atoms with E-state index in [9.17, 15) is 8.42 Å². The first-order chi connectivity index (χ1) is 7.44. The lowest BCUT2D eigenvalue weighted by molar-refractivity contribution is 0.588. The van der Waals surface area contributed by atoms with Crippen molar-refractivity contribution in [2.45, 2.75) is 6.92 Å². The Morgan fingerprint density at radius 3 is 2.62 bits per heavy atom. The molecule has 1 aromatic carbocycles. The van der Waals surface area contributed by atoms with Gasteiger partial charge >= 0.3 is 0 Å². The predicted molar refractivity (Wildman–Crippen MR) is 66.9 cm³/mol. The predicted octanol–water partition coefficient (Wildman–Crippen LogP) is 0.538. The van der Waals surface area contributed by atoms with Gasteiger partial charge in [0.15, 0.2) is 0 Å². The molecule has 0 fully saturated rings. The van der Waals surface area contributed by atoms with Crippen LogP contribution in [0.3, 0.4) is 0 Å². The van der Waals surface area contributed by atoms with E-state index in [4.69, 9.17) is 5.73 Å². The zero-order chi connectivity index (χ0) is 12.2. The second-order valence-corrected chi connectivity index (χ2v) is 5.59. The standard InChI is InChI=1S/C10H17N3O2S/c1-8-3-4-10(9(11)7-8)13-5-6-16(14,15)12-2/h3-4,7,12-13H,5-6,11H2,1-2H3. The van der Waals surface area contributed by atoms with E-state index in [-0.39, 0.29) is 5.75 Å². The van der Waals surface area contributed by atoms with Crippen molar-refractivity contribution in [3.63, 3.8) is 0 Å². The number of nitrogen functional groups attached to an aromatic ring is 1. The van der Waals surface area contributed by atoms with Gasteiger partial charge in [0.25, 0.3) is 0 Å². The first-order valence-corrected chi connectivity index (χ1v) is 6.61. The molecule has 0 aromatic heterocycles. The van der Waals surface area contributed by atoms with E-state index in [2.05, 4.69) is 10.0 Å². The summed E-state index contributed by atoms with van der Waals surface area (Å²) in [6, 6.07) is 5.61. The minimum atomic E-state index is -3.16. The molecular formula is C10H17N3O2S. The van der Waals surface area contributed by atoms with Crippen LogP contribution in [-0.4, -0.2) is 27.8 Å². The molecule has 0 aliphatic rings. The average molecular weight is 243 g/mol. The van der Waals surface area contributed by atoms with Crippen molar-refractivity contribution >= 4 is 21.4 Å². The van der Waals surface area contributed by atoms with E-state index in [1.165, 1.54) is 7.05 Å². The third-order valence-corrected chi connectivity index (χ3v) is 3.57. The van der Waals surface area contributed by atoms with Crippen LogP contribution in [0.5, 0.6) is 0 Å². The molecule has 1 rings (SSSR count). The van der Waals surface area contributed by atoms with E-state index < -0.39 is 10.0 Å². The molecular weight excluding hydrogens is 226 g/mol. The van der Waals surface area contributed by atoms with Crippen LogP contribution in [0, 0.1) is 6.92 Å². The first-order valence-electron chi connectivity index (χ1n) is 4.96. The molecule has 0 amide bonds. The number of rotatable bonds is 5. The highest BCUT2D eigenvalue weighted by molar-refractivity contribution is 7.89. The van der Waals surface area contributed by atoms with Crippen LogP contribution in [0.1, 0.15) is 5.56 Å². The van der Waals surface area contributed by atoms with Crippen LogP contribution in [0.2, 0.25) is 0 Å².